The van der Waals surface area contributed by atoms with E-state index in [4.69, 9.17) is 5.26 Å². The molecule has 0 aromatic heterocycles. The third-order valence-electron chi connectivity index (χ3n) is 2.22. The van der Waals surface area contributed by atoms with Gasteiger partial charge in [0.2, 0.25) is 5.91 Å². The molecule has 8 heteroatoms. The van der Waals surface area contributed by atoms with E-state index in [0.717, 1.165) is 4.90 Å². The summed E-state index contributed by atoms with van der Waals surface area (Å²) in [6, 6.07) is 0.622. The first kappa shape index (κ1) is 12.6. The zero-order valence-corrected chi connectivity index (χ0v) is 9.02. The fourth-order valence-electron chi connectivity index (χ4n) is 1.29. The van der Waals surface area contributed by atoms with Crippen LogP contribution < -0.4 is 10.6 Å². The molecule has 90 valence electrons. The Morgan fingerprint density at radius 2 is 2.12 bits per heavy atom. The smallest absolute Gasteiger partial charge is 0.310 e. The van der Waals surface area contributed by atoms with Crippen LogP contribution in [0.25, 0.3) is 0 Å². The van der Waals surface area contributed by atoms with Gasteiger partial charge in [-0.1, -0.05) is 0 Å². The Morgan fingerprint density at radius 1 is 1.47 bits per heavy atom. The fourth-order valence-corrected chi connectivity index (χ4v) is 1.29. The molecule has 0 saturated carbocycles. The molecule has 4 amide bonds. The number of hydrogen-bond acceptors (Lipinski definition) is 5. The van der Waals surface area contributed by atoms with Crippen LogP contribution in [-0.4, -0.2) is 48.2 Å². The first-order valence-corrected chi connectivity index (χ1v) is 4.73. The van der Waals surface area contributed by atoms with E-state index in [-0.39, 0.29) is 13.0 Å². The van der Waals surface area contributed by atoms with Crippen LogP contribution in [0.5, 0.6) is 0 Å². The molecule has 17 heavy (non-hydrogen) atoms. The number of carbonyl (C=O) groups is 4. The van der Waals surface area contributed by atoms with Crippen LogP contribution in [-0.2, 0) is 19.2 Å². The fraction of sp³-hybridized carbons (Fsp3) is 0.444. The van der Waals surface area contributed by atoms with Crippen molar-refractivity contribution in [2.75, 3.05) is 13.6 Å². The minimum atomic E-state index is -1.04. The van der Waals surface area contributed by atoms with E-state index in [0.29, 0.717) is 0 Å². The molecule has 0 aliphatic carbocycles. The number of nitrogens with one attached hydrogen (secondary N) is 2. The Bertz CT molecular complexity index is 425. The quantitative estimate of drug-likeness (QED) is 0.313. The topological polar surface area (TPSA) is 119 Å². The highest BCUT2D eigenvalue weighted by Crippen LogP contribution is 2.09. The number of nitrogens with zero attached hydrogens (tertiary/aromatic N) is 2. The van der Waals surface area contributed by atoms with Gasteiger partial charge in [0.15, 0.2) is 0 Å². The Labute approximate surface area is 96.6 Å². The lowest BCUT2D eigenvalue weighted by atomic mass is 10.2. The Kier molecular flexibility index (Phi) is 3.77. The SMILES string of the molecule is CN1C(=O)CC(NC(=O)C(=O)NCC#N)C1=O. The van der Waals surface area contributed by atoms with Gasteiger partial charge in [-0.15, -0.1) is 0 Å². The maximum absolute atomic E-state index is 11.4. The lowest BCUT2D eigenvalue weighted by molar-refractivity contribution is -0.141. The second-order valence-electron chi connectivity index (χ2n) is 3.36. The number of nitriles is 1. The predicted molar refractivity (Wildman–Crippen MR) is 52.9 cm³/mol. The normalized spacial score (nSPS) is 18.8. The summed E-state index contributed by atoms with van der Waals surface area (Å²) < 4.78 is 0. The zero-order valence-electron chi connectivity index (χ0n) is 9.02. The highest BCUT2D eigenvalue weighted by atomic mass is 16.2. The summed E-state index contributed by atoms with van der Waals surface area (Å²) in [6.45, 7) is -0.302. The van der Waals surface area contributed by atoms with Gasteiger partial charge in [0.05, 0.1) is 12.5 Å². The van der Waals surface area contributed by atoms with Crippen LogP contribution in [0.15, 0.2) is 0 Å². The van der Waals surface area contributed by atoms with Gasteiger partial charge >= 0.3 is 11.8 Å². The van der Waals surface area contributed by atoms with Crippen molar-refractivity contribution < 1.29 is 19.2 Å². The van der Waals surface area contributed by atoms with E-state index < -0.39 is 29.7 Å². The Balaban J connectivity index is 2.53. The van der Waals surface area contributed by atoms with Crippen molar-refractivity contribution in [2.24, 2.45) is 0 Å². The van der Waals surface area contributed by atoms with E-state index in [2.05, 4.69) is 5.32 Å². The molecule has 1 rings (SSSR count). The van der Waals surface area contributed by atoms with Gasteiger partial charge in [0.25, 0.3) is 5.91 Å². The largest absolute Gasteiger partial charge is 0.335 e. The number of rotatable bonds is 2. The maximum Gasteiger partial charge on any atom is 0.310 e. The van der Waals surface area contributed by atoms with Crippen LogP contribution in [0.2, 0.25) is 0 Å². The monoisotopic (exact) mass is 238 g/mol. The van der Waals surface area contributed by atoms with E-state index in [1.807, 2.05) is 5.32 Å². The van der Waals surface area contributed by atoms with Crippen LogP contribution in [0.3, 0.4) is 0 Å². The summed E-state index contributed by atoms with van der Waals surface area (Å²) >= 11 is 0. The first-order chi connectivity index (χ1) is 7.97. The molecule has 1 atom stereocenters. The average Bonchev–Trinajstić information content (AvgIpc) is 2.54. The van der Waals surface area contributed by atoms with Crippen molar-refractivity contribution in [3.05, 3.63) is 0 Å². The highest BCUT2D eigenvalue weighted by Gasteiger charge is 2.37. The Morgan fingerprint density at radius 3 is 2.59 bits per heavy atom. The molecule has 0 spiro atoms. The Hall–Kier alpha value is -2.43. The van der Waals surface area contributed by atoms with Crippen molar-refractivity contribution in [3.8, 4) is 6.07 Å². The van der Waals surface area contributed by atoms with Crippen LogP contribution in [0.1, 0.15) is 6.42 Å². The predicted octanol–water partition coefficient (Wildman–Crippen LogP) is -2.50. The van der Waals surface area contributed by atoms with Crippen molar-refractivity contribution in [3.63, 3.8) is 0 Å². The summed E-state index contributed by atoms with van der Waals surface area (Å²) in [5, 5.41) is 12.3. The van der Waals surface area contributed by atoms with Gasteiger partial charge in [-0.05, 0) is 0 Å². The summed E-state index contributed by atoms with van der Waals surface area (Å²) in [5.74, 6) is -3.03. The van der Waals surface area contributed by atoms with Gasteiger partial charge in [-0.3, -0.25) is 24.1 Å². The lowest BCUT2D eigenvalue weighted by Crippen LogP contribution is -2.47. The number of hydrogen-bond donors (Lipinski definition) is 2. The van der Waals surface area contributed by atoms with Crippen molar-refractivity contribution >= 4 is 23.6 Å². The molecule has 0 aromatic rings. The standard InChI is InChI=1S/C9H10N4O4/c1-13-6(14)4-5(9(13)17)12-8(16)7(15)11-3-2-10/h5H,3-4H2,1H3,(H,11,15)(H,12,16). The second-order valence-corrected chi connectivity index (χ2v) is 3.36. The van der Waals surface area contributed by atoms with Crippen molar-refractivity contribution in [1.29, 1.82) is 5.26 Å². The summed E-state index contributed by atoms with van der Waals surface area (Å²) in [6.07, 6.45) is -0.160. The molecule has 8 nitrogen and oxygen atoms in total. The molecule has 1 aliphatic heterocycles. The van der Waals surface area contributed by atoms with Gasteiger partial charge in [0, 0.05) is 7.05 Å². The van der Waals surface area contributed by atoms with E-state index in [1.165, 1.54) is 7.05 Å². The minimum Gasteiger partial charge on any atom is -0.335 e. The third kappa shape index (κ3) is 2.78. The second kappa shape index (κ2) is 5.07. The number of likely N-dealkylation sites (tertiary alicyclic amines) is 1. The van der Waals surface area contributed by atoms with Crippen LogP contribution >= 0.6 is 0 Å². The summed E-state index contributed by atoms with van der Waals surface area (Å²) in [4.78, 5) is 45.7. The van der Waals surface area contributed by atoms with Crippen molar-refractivity contribution in [2.45, 2.75) is 12.5 Å². The summed E-state index contributed by atoms with van der Waals surface area (Å²) in [5.41, 5.74) is 0. The molecule has 1 unspecified atom stereocenters. The molecule has 0 bridgehead atoms. The highest BCUT2D eigenvalue weighted by molar-refractivity contribution is 6.35. The molecule has 1 aliphatic rings. The van der Waals surface area contributed by atoms with Gasteiger partial charge in [-0.25, -0.2) is 0 Å². The molecule has 1 heterocycles. The first-order valence-electron chi connectivity index (χ1n) is 4.73. The third-order valence-corrected chi connectivity index (χ3v) is 2.22. The average molecular weight is 238 g/mol. The molecular weight excluding hydrogens is 228 g/mol. The molecule has 0 radical (unpaired) electrons. The minimum absolute atomic E-state index is 0.160. The molecule has 1 fully saturated rings. The molecule has 1 saturated heterocycles. The van der Waals surface area contributed by atoms with E-state index >= 15 is 0 Å². The summed E-state index contributed by atoms with van der Waals surface area (Å²) in [7, 11) is 1.30. The van der Waals surface area contributed by atoms with Crippen molar-refractivity contribution in [1.82, 2.24) is 15.5 Å². The number of likely N-dealkylation sites (N-methyl/N-ethyl adjacent to an activating group) is 1. The number of amides is 4. The van der Waals surface area contributed by atoms with Gasteiger partial charge < -0.3 is 10.6 Å². The lowest BCUT2D eigenvalue weighted by Gasteiger charge is -2.10. The van der Waals surface area contributed by atoms with E-state index in [1.54, 1.807) is 6.07 Å². The van der Waals surface area contributed by atoms with Crippen LogP contribution in [0, 0.1) is 11.3 Å². The molecule has 2 N–H and O–H groups in total. The van der Waals surface area contributed by atoms with Gasteiger partial charge in [-0.2, -0.15) is 5.26 Å². The molecular formula is C9H10N4O4. The van der Waals surface area contributed by atoms with Gasteiger partial charge in [0.1, 0.15) is 12.6 Å². The zero-order chi connectivity index (χ0) is 13.0. The number of carbonyl (C=O) groups excluding carboxylic acids is 4. The number of imide groups is 1. The molecule has 0 aromatic carbocycles. The van der Waals surface area contributed by atoms with E-state index in [9.17, 15) is 19.2 Å². The maximum atomic E-state index is 11.4. The van der Waals surface area contributed by atoms with Crippen LogP contribution in [0.4, 0.5) is 0 Å².